The normalized spacial score (nSPS) is 12.6. The van der Waals surface area contributed by atoms with Gasteiger partial charge in [-0.25, -0.2) is 0 Å². The van der Waals surface area contributed by atoms with Gasteiger partial charge >= 0.3 is 0 Å². The maximum Gasteiger partial charge on any atom is 0.244 e. The van der Waals surface area contributed by atoms with Gasteiger partial charge in [0, 0.05) is 29.3 Å². The Morgan fingerprint density at radius 1 is 1.27 bits per heavy atom. The average Bonchev–Trinajstić information content (AvgIpc) is 2.53. The van der Waals surface area contributed by atoms with Crippen LogP contribution in [0.2, 0.25) is 0 Å². The summed E-state index contributed by atoms with van der Waals surface area (Å²) in [5.74, 6) is -0.0445. The first-order chi connectivity index (χ1) is 10.7. The summed E-state index contributed by atoms with van der Waals surface area (Å²) in [4.78, 5) is 16.4. The van der Waals surface area contributed by atoms with Gasteiger partial charge in [-0.05, 0) is 25.5 Å². The van der Waals surface area contributed by atoms with E-state index in [1.807, 2.05) is 36.4 Å². The molecule has 0 aliphatic carbocycles. The number of nitrogens with one attached hydrogen (secondary N) is 1. The second kappa shape index (κ2) is 8.32. The number of carbonyl (C=O) groups excluding carboxylic acids is 1. The van der Waals surface area contributed by atoms with Crippen LogP contribution >= 0.6 is 0 Å². The monoisotopic (exact) mass is 296 g/mol. The Balaban J connectivity index is 1.97. The predicted octanol–water partition coefficient (Wildman–Crippen LogP) is 4.33. The maximum absolute atomic E-state index is 12.0. The smallest absolute Gasteiger partial charge is 0.244 e. The molecule has 0 fully saturated rings. The molecule has 0 radical (unpaired) electrons. The predicted molar refractivity (Wildman–Crippen MR) is 92.5 cm³/mol. The number of hydrogen-bond donors (Lipinski definition) is 1. The van der Waals surface area contributed by atoms with Gasteiger partial charge in [0.2, 0.25) is 5.91 Å². The van der Waals surface area contributed by atoms with Crippen LogP contribution in [0, 0.1) is 0 Å². The van der Waals surface area contributed by atoms with Crippen LogP contribution in [-0.2, 0) is 4.79 Å². The van der Waals surface area contributed by atoms with Crippen molar-refractivity contribution in [3.8, 4) is 0 Å². The molecular formula is C19H24N2O. The van der Waals surface area contributed by atoms with Crippen molar-refractivity contribution in [2.24, 2.45) is 0 Å². The molecule has 2 aromatic rings. The number of benzene rings is 1. The third kappa shape index (κ3) is 4.69. The van der Waals surface area contributed by atoms with Gasteiger partial charge in [-0.15, -0.1) is 0 Å². The van der Waals surface area contributed by atoms with Crippen molar-refractivity contribution in [2.45, 2.75) is 45.6 Å². The fourth-order valence-corrected chi connectivity index (χ4v) is 2.49. The molecule has 1 N–H and O–H groups in total. The second-order valence-corrected chi connectivity index (χ2v) is 5.66. The summed E-state index contributed by atoms with van der Waals surface area (Å²) in [6.07, 6.45) is 9.82. The van der Waals surface area contributed by atoms with Gasteiger partial charge in [0.15, 0.2) is 0 Å². The second-order valence-electron chi connectivity index (χ2n) is 5.66. The molecule has 1 aromatic heterocycles. The highest BCUT2D eigenvalue weighted by Gasteiger charge is 2.04. The highest BCUT2D eigenvalue weighted by atomic mass is 16.1. The van der Waals surface area contributed by atoms with E-state index in [2.05, 4.69) is 24.1 Å². The molecule has 0 spiro atoms. The van der Waals surface area contributed by atoms with E-state index in [1.54, 1.807) is 12.3 Å². The van der Waals surface area contributed by atoms with Crippen LogP contribution < -0.4 is 5.32 Å². The van der Waals surface area contributed by atoms with Crippen LogP contribution in [0.25, 0.3) is 17.0 Å². The number of fused-ring (bicyclic) bond motifs is 1. The van der Waals surface area contributed by atoms with Crippen molar-refractivity contribution in [1.82, 2.24) is 10.3 Å². The quantitative estimate of drug-likeness (QED) is 0.610. The molecule has 2 rings (SSSR count). The van der Waals surface area contributed by atoms with E-state index in [0.29, 0.717) is 0 Å². The number of aromatic nitrogens is 1. The van der Waals surface area contributed by atoms with Crippen LogP contribution in [-0.4, -0.2) is 16.9 Å². The number of pyridine rings is 1. The Kier molecular flexibility index (Phi) is 6.13. The van der Waals surface area contributed by atoms with E-state index in [9.17, 15) is 4.79 Å². The summed E-state index contributed by atoms with van der Waals surface area (Å²) >= 11 is 0. The molecular weight excluding hydrogens is 272 g/mol. The number of amides is 1. The minimum atomic E-state index is -0.0445. The van der Waals surface area contributed by atoms with Crippen LogP contribution in [0.3, 0.4) is 0 Å². The van der Waals surface area contributed by atoms with Gasteiger partial charge in [0.25, 0.3) is 0 Å². The van der Waals surface area contributed by atoms with Gasteiger partial charge in [-0.3, -0.25) is 9.78 Å². The molecule has 3 heteroatoms. The first-order valence-electron chi connectivity index (χ1n) is 8.03. The number of nitrogens with zero attached hydrogens (tertiary/aromatic N) is 1. The molecule has 0 saturated heterocycles. The Bertz CT molecular complexity index is 643. The SMILES string of the molecule is CCCCCC(C)NC(=O)/C=C/c1cccc2cccnc12. The Morgan fingerprint density at radius 2 is 2.09 bits per heavy atom. The molecule has 1 unspecified atom stereocenters. The van der Waals surface area contributed by atoms with Gasteiger partial charge in [-0.2, -0.15) is 0 Å². The zero-order chi connectivity index (χ0) is 15.8. The van der Waals surface area contributed by atoms with Crippen LogP contribution in [0.4, 0.5) is 0 Å². The summed E-state index contributed by atoms with van der Waals surface area (Å²) in [7, 11) is 0. The fourth-order valence-electron chi connectivity index (χ4n) is 2.49. The van der Waals surface area contributed by atoms with E-state index in [-0.39, 0.29) is 11.9 Å². The van der Waals surface area contributed by atoms with Crippen molar-refractivity contribution in [3.05, 3.63) is 48.2 Å². The zero-order valence-corrected chi connectivity index (χ0v) is 13.4. The molecule has 0 aliphatic heterocycles. The maximum atomic E-state index is 12.0. The lowest BCUT2D eigenvalue weighted by molar-refractivity contribution is -0.117. The van der Waals surface area contributed by atoms with Crippen molar-refractivity contribution in [3.63, 3.8) is 0 Å². The summed E-state index contributed by atoms with van der Waals surface area (Å²) in [6.45, 7) is 4.24. The Hall–Kier alpha value is -2.16. The minimum Gasteiger partial charge on any atom is -0.350 e. The highest BCUT2D eigenvalue weighted by molar-refractivity contribution is 5.95. The van der Waals surface area contributed by atoms with Crippen molar-refractivity contribution < 1.29 is 4.79 Å². The van der Waals surface area contributed by atoms with E-state index in [1.165, 1.54) is 12.8 Å². The number of hydrogen-bond acceptors (Lipinski definition) is 2. The van der Waals surface area contributed by atoms with Crippen molar-refractivity contribution in [2.75, 3.05) is 0 Å². The topological polar surface area (TPSA) is 42.0 Å². The molecule has 1 amide bonds. The number of para-hydroxylation sites is 1. The summed E-state index contributed by atoms with van der Waals surface area (Å²) in [5, 5.41) is 4.09. The Morgan fingerprint density at radius 3 is 2.91 bits per heavy atom. The van der Waals surface area contributed by atoms with E-state index < -0.39 is 0 Å². The first kappa shape index (κ1) is 16.2. The largest absolute Gasteiger partial charge is 0.350 e. The van der Waals surface area contributed by atoms with E-state index in [4.69, 9.17) is 0 Å². The third-order valence-corrected chi connectivity index (χ3v) is 3.71. The molecule has 0 bridgehead atoms. The molecule has 22 heavy (non-hydrogen) atoms. The molecule has 1 atom stereocenters. The fraction of sp³-hybridized carbons (Fsp3) is 0.368. The zero-order valence-electron chi connectivity index (χ0n) is 13.4. The summed E-state index contributed by atoms with van der Waals surface area (Å²) < 4.78 is 0. The van der Waals surface area contributed by atoms with Gasteiger partial charge in [0.05, 0.1) is 5.52 Å². The van der Waals surface area contributed by atoms with E-state index >= 15 is 0 Å². The van der Waals surface area contributed by atoms with Crippen molar-refractivity contribution in [1.29, 1.82) is 0 Å². The molecule has 1 aromatic carbocycles. The summed E-state index contributed by atoms with van der Waals surface area (Å²) in [6, 6.07) is 10.1. The van der Waals surface area contributed by atoms with Crippen LogP contribution in [0.15, 0.2) is 42.6 Å². The van der Waals surface area contributed by atoms with Gasteiger partial charge in [-0.1, -0.05) is 50.5 Å². The lowest BCUT2D eigenvalue weighted by atomic mass is 10.1. The van der Waals surface area contributed by atoms with E-state index in [0.717, 1.165) is 29.3 Å². The van der Waals surface area contributed by atoms with Gasteiger partial charge in [0.1, 0.15) is 0 Å². The third-order valence-electron chi connectivity index (χ3n) is 3.71. The molecule has 0 saturated carbocycles. The average molecular weight is 296 g/mol. The number of carbonyl (C=O) groups is 1. The number of unbranched alkanes of at least 4 members (excludes halogenated alkanes) is 2. The van der Waals surface area contributed by atoms with Crippen LogP contribution in [0.1, 0.15) is 45.1 Å². The molecule has 0 aliphatic rings. The Labute approximate surface area is 132 Å². The highest BCUT2D eigenvalue weighted by Crippen LogP contribution is 2.17. The minimum absolute atomic E-state index is 0.0445. The molecule has 1 heterocycles. The lowest BCUT2D eigenvalue weighted by Crippen LogP contribution is -2.30. The lowest BCUT2D eigenvalue weighted by Gasteiger charge is -2.11. The number of rotatable bonds is 7. The van der Waals surface area contributed by atoms with Gasteiger partial charge < -0.3 is 5.32 Å². The summed E-state index contributed by atoms with van der Waals surface area (Å²) in [5.41, 5.74) is 1.89. The van der Waals surface area contributed by atoms with Crippen LogP contribution in [0.5, 0.6) is 0 Å². The molecule has 116 valence electrons. The van der Waals surface area contributed by atoms with Crippen molar-refractivity contribution >= 4 is 22.9 Å². The first-order valence-corrected chi connectivity index (χ1v) is 8.03. The standard InChI is InChI=1S/C19H24N2O/c1-3-4-5-8-15(2)21-18(22)13-12-17-10-6-9-16-11-7-14-20-19(16)17/h6-7,9-15H,3-5,8H2,1-2H3,(H,21,22)/b13-12+. The molecule has 3 nitrogen and oxygen atoms in total.